The van der Waals surface area contributed by atoms with Crippen molar-refractivity contribution in [2.45, 2.75) is 175 Å². The highest BCUT2D eigenvalue weighted by Gasteiger charge is 2.44. The number of aromatic nitrogens is 1. The maximum Gasteiger partial charge on any atom is 0.410 e. The first-order chi connectivity index (χ1) is 48.9. The van der Waals surface area contributed by atoms with Crippen molar-refractivity contribution in [2.75, 3.05) is 51.6 Å². The molecule has 0 unspecified atom stereocenters. The van der Waals surface area contributed by atoms with Crippen molar-refractivity contribution in [3.63, 3.8) is 0 Å². The quantitative estimate of drug-likeness (QED) is 0.0140. The van der Waals surface area contributed by atoms with Gasteiger partial charge in [-0.15, -0.1) is 11.3 Å². The van der Waals surface area contributed by atoms with Crippen LogP contribution in [0, 0.1) is 35.5 Å². The summed E-state index contributed by atoms with van der Waals surface area (Å²) in [5.74, 6) is -8.14. The highest BCUT2D eigenvalue weighted by molar-refractivity contribution is 7.09. The van der Waals surface area contributed by atoms with Crippen LogP contribution in [0.5, 0.6) is 0 Å². The molecule has 11 amide bonds. The number of urea groups is 1. The minimum atomic E-state index is -1.13. The molecule has 0 aliphatic carbocycles. The molecule has 0 saturated carbocycles. The van der Waals surface area contributed by atoms with Crippen molar-refractivity contribution < 1.29 is 71.7 Å². The van der Waals surface area contributed by atoms with Crippen molar-refractivity contribution in [3.8, 4) is 0 Å². The number of primary amides is 1. The van der Waals surface area contributed by atoms with Crippen LogP contribution in [0.15, 0.2) is 109 Å². The molecule has 27 heteroatoms. The highest BCUT2D eigenvalue weighted by atomic mass is 32.1. The maximum absolute atomic E-state index is 14.9. The normalized spacial score (nSPS) is 16.5. The third-order valence-corrected chi connectivity index (χ3v) is 20.0. The maximum atomic E-state index is 14.9. The predicted molar refractivity (Wildman–Crippen MR) is 391 cm³/mol. The lowest BCUT2D eigenvalue weighted by Gasteiger charge is -2.41. The van der Waals surface area contributed by atoms with Crippen LogP contribution in [0.25, 0.3) is 0 Å². The van der Waals surface area contributed by atoms with Gasteiger partial charge in [0.2, 0.25) is 29.5 Å². The van der Waals surface area contributed by atoms with E-state index >= 15 is 0 Å². The number of rotatable bonds is 39. The molecule has 1 fully saturated rings. The number of likely N-dealkylation sites (N-methyl/N-ethyl adjacent to an activating group) is 2. The van der Waals surface area contributed by atoms with Gasteiger partial charge >= 0.3 is 12.1 Å². The Kier molecular flexibility index (Phi) is 31.4. The topological polar surface area (TPSA) is 345 Å². The van der Waals surface area contributed by atoms with E-state index in [1.54, 1.807) is 96.0 Å². The minimum absolute atomic E-state index is 0.0414. The number of nitrogens with two attached hydrogens (primary N) is 1. The van der Waals surface area contributed by atoms with Gasteiger partial charge in [0, 0.05) is 95.1 Å². The molecule has 26 nitrogen and oxygen atoms in total. The van der Waals surface area contributed by atoms with Crippen LogP contribution in [0.1, 0.15) is 145 Å². The van der Waals surface area contributed by atoms with Gasteiger partial charge in [0.15, 0.2) is 11.6 Å². The fraction of sp³-hybridized carbons (Fsp3) is 0.513. The third-order valence-electron chi connectivity index (χ3n) is 19.1. The molecule has 6 rings (SSSR count). The molecule has 11 atom stereocenters. The number of benzene rings is 3. The number of nitrogens with zero attached hydrogens (tertiary/aromatic N) is 5. The number of amides is 11. The fourth-order valence-corrected chi connectivity index (χ4v) is 14.0. The van der Waals surface area contributed by atoms with Crippen molar-refractivity contribution in [2.24, 2.45) is 41.2 Å². The molecule has 3 heterocycles. The first-order valence-corrected chi connectivity index (χ1v) is 36.0. The van der Waals surface area contributed by atoms with Gasteiger partial charge in [-0.05, 0) is 109 Å². The summed E-state index contributed by atoms with van der Waals surface area (Å²) in [6, 6.07) is 14.9. The molecule has 1 saturated heterocycles. The fourth-order valence-electron chi connectivity index (χ4n) is 13.3. The molecule has 0 bridgehead atoms. The van der Waals surface area contributed by atoms with Gasteiger partial charge in [0.1, 0.15) is 23.7 Å². The molecule has 2 aliphatic heterocycles. The summed E-state index contributed by atoms with van der Waals surface area (Å²) in [5.41, 5.74) is 7.48. The molecule has 0 spiro atoms. The standard InChI is InChI=1S/C76H103N11O15S/c1-15-47(9)67(60(100-13)42-63(92)86-34-21-25-58(86)68(101-14)48(10)69(93)81-57(73-78-33-35-103-73)39-49-22-18-17-19-23-49)84(11)74(97)65(45(5)6)83-72(96)66(46(7)8)85(12)76(99)102-43-50-26-28-54(29-27-50)80-70(94)52(24-20-32-79-75(77)98)41-59(89)64(44(3)4)82-71(95)53-36-51(38-56(88)16-2)37-55(40-53)87-61(90)30-31-62(87)91/h16-19,22-23,26-31,33,35-37,40,44-48,52,57-58,60,64-68H,2,15,20-21,24-25,32,34,38-39,41-43H2,1,3-14H3,(H,80,94)(H,81,93)(H,82,95)(H,83,96)(H3,77,79,98)/t47-,48+,52+,57-,58-,60+,64-,65-,66-,67-,68+/m0/s1. The second-order valence-corrected chi connectivity index (χ2v) is 28.5. The number of likely N-dealkylation sites (tertiary alicyclic amines) is 1. The first-order valence-electron chi connectivity index (χ1n) is 35.1. The van der Waals surface area contributed by atoms with Crippen molar-refractivity contribution >= 4 is 93.7 Å². The molecular formula is C76H103N11O15S. The number of ketones is 2. The Morgan fingerprint density at radius 3 is 2.02 bits per heavy atom. The van der Waals surface area contributed by atoms with Crippen LogP contribution in [-0.4, -0.2) is 174 Å². The second kappa shape index (κ2) is 39.3. The number of carbonyl (C=O) groups is 12. The zero-order valence-corrected chi connectivity index (χ0v) is 62.3. The van der Waals surface area contributed by atoms with Crippen LogP contribution in [0.3, 0.4) is 0 Å². The molecular weight excluding hydrogens is 1340 g/mol. The Balaban J connectivity index is 1.07. The summed E-state index contributed by atoms with van der Waals surface area (Å²) in [6.07, 6.45) is 4.90. The Hall–Kier alpha value is -9.47. The number of hydrogen-bond acceptors (Lipinski definition) is 17. The van der Waals surface area contributed by atoms with Gasteiger partial charge in [-0.3, -0.25) is 52.8 Å². The minimum Gasteiger partial charge on any atom is -0.445 e. The average molecular weight is 1440 g/mol. The summed E-state index contributed by atoms with van der Waals surface area (Å²) in [6.45, 7) is 20.1. The molecule has 1 aromatic heterocycles. The van der Waals surface area contributed by atoms with E-state index in [1.807, 2.05) is 56.5 Å². The van der Waals surface area contributed by atoms with Gasteiger partial charge in [-0.2, -0.15) is 0 Å². The number of ether oxygens (including phenoxy) is 3. The van der Waals surface area contributed by atoms with Crippen molar-refractivity contribution in [3.05, 3.63) is 136 Å². The van der Waals surface area contributed by atoms with Crippen molar-refractivity contribution in [1.82, 2.24) is 41.0 Å². The smallest absolute Gasteiger partial charge is 0.410 e. The number of methoxy groups -OCH3 is 2. The van der Waals surface area contributed by atoms with Crippen LogP contribution in [0.4, 0.5) is 21.0 Å². The Bertz CT molecular complexity index is 3640. The molecule has 2 aliphatic rings. The third kappa shape index (κ3) is 22.8. The summed E-state index contributed by atoms with van der Waals surface area (Å²) >= 11 is 1.46. The lowest BCUT2D eigenvalue weighted by Crippen LogP contribution is -2.60. The van der Waals surface area contributed by atoms with E-state index in [1.165, 1.54) is 48.6 Å². The van der Waals surface area contributed by atoms with Gasteiger partial charge in [-0.1, -0.05) is 118 Å². The second-order valence-electron chi connectivity index (χ2n) is 27.6. The van der Waals surface area contributed by atoms with E-state index in [0.717, 1.165) is 33.7 Å². The molecule has 3 aromatic carbocycles. The Morgan fingerprint density at radius 2 is 1.44 bits per heavy atom. The largest absolute Gasteiger partial charge is 0.445 e. The Morgan fingerprint density at radius 1 is 0.767 bits per heavy atom. The van der Waals surface area contributed by atoms with Crippen LogP contribution >= 0.6 is 11.3 Å². The van der Waals surface area contributed by atoms with Crippen LogP contribution in [-0.2, 0) is 76.8 Å². The number of carbonyl (C=O) groups excluding carboxylic acids is 12. The van der Waals surface area contributed by atoms with Gasteiger partial charge in [0.05, 0.1) is 54.4 Å². The SMILES string of the molecule is C=CC(=O)Cc1cc(C(=O)N[C@H](C(=O)C[C@@H](CCCNC(N)=O)C(=O)Nc2ccc(COC(=O)N(C)[C@H](C(=O)N[C@H](C(=O)N(C)[C@@H]([C@@H](C)CC)[C@@H](CC(=O)N3CCC[C@H]3[C@H](OC)[C@@H](C)C(=O)N[C@@H](Cc3ccccc3)c3nccs3)OC)C(C)C)C(C)C)cc2)C(C)C)cc(N2C(=O)C=CC2=O)c1. The van der Waals surface area contributed by atoms with Gasteiger partial charge in [0.25, 0.3) is 17.7 Å². The molecule has 558 valence electrons. The summed E-state index contributed by atoms with van der Waals surface area (Å²) in [5, 5.41) is 16.9. The molecule has 4 aromatic rings. The number of imide groups is 1. The van der Waals surface area contributed by atoms with Crippen LogP contribution < -0.4 is 37.2 Å². The number of allylic oxidation sites excluding steroid dienone is 1. The van der Waals surface area contributed by atoms with E-state index in [4.69, 9.17) is 19.9 Å². The predicted octanol–water partition coefficient (Wildman–Crippen LogP) is 8.04. The average Bonchev–Trinajstić information content (AvgIpc) is 1.80. The zero-order valence-electron chi connectivity index (χ0n) is 61.4. The van der Waals surface area contributed by atoms with Gasteiger partial charge in [-0.25, -0.2) is 19.5 Å². The van der Waals surface area contributed by atoms with Gasteiger partial charge < -0.3 is 56.3 Å². The lowest BCUT2D eigenvalue weighted by molar-refractivity contribution is -0.148. The lowest BCUT2D eigenvalue weighted by atomic mass is 9.89. The van der Waals surface area contributed by atoms with E-state index in [2.05, 4.69) is 38.1 Å². The summed E-state index contributed by atoms with van der Waals surface area (Å²) < 4.78 is 18.0. The number of hydrogen-bond donors (Lipinski definition) is 6. The van der Waals surface area contributed by atoms with Crippen LogP contribution in [0.2, 0.25) is 0 Å². The summed E-state index contributed by atoms with van der Waals surface area (Å²) in [7, 11) is 6.13. The molecule has 7 N–H and O–H groups in total. The number of thiazole rings is 1. The first kappa shape index (κ1) is 82.5. The monoisotopic (exact) mass is 1440 g/mol. The zero-order chi connectivity index (χ0) is 75.9. The molecule has 103 heavy (non-hydrogen) atoms. The Labute approximate surface area is 608 Å². The number of Topliss-reactive ketones (excluding diaryl/α,β-unsaturated/α-hetero) is 1. The summed E-state index contributed by atoms with van der Waals surface area (Å²) in [4.78, 5) is 174. The number of nitrogens with one attached hydrogen (secondary N) is 5. The highest BCUT2D eigenvalue weighted by Crippen LogP contribution is 2.32. The van der Waals surface area contributed by atoms with E-state index in [0.29, 0.717) is 49.0 Å². The van der Waals surface area contributed by atoms with E-state index < -0.39 is 125 Å². The number of anilines is 2. The molecule has 0 radical (unpaired) electrons. The van der Waals surface area contributed by atoms with Crippen molar-refractivity contribution in [1.29, 1.82) is 0 Å². The van der Waals surface area contributed by atoms with E-state index in [-0.39, 0.29) is 86.1 Å². The van der Waals surface area contributed by atoms with E-state index in [9.17, 15) is 57.5 Å².